The molecule has 0 aliphatic rings. The maximum atomic E-state index is 9.51. The van der Waals surface area contributed by atoms with Gasteiger partial charge in [0.15, 0.2) is 0 Å². The van der Waals surface area contributed by atoms with Crippen molar-refractivity contribution in [3.63, 3.8) is 0 Å². The van der Waals surface area contributed by atoms with E-state index in [-0.39, 0.29) is 37.7 Å². The number of hydrogen-bond donors (Lipinski definition) is 0. The predicted octanol–water partition coefficient (Wildman–Crippen LogP) is -2.35. The largest absolute Gasteiger partial charge is 2.00 e. The molecule has 0 rings (SSSR count). The van der Waals surface area contributed by atoms with Crippen molar-refractivity contribution in [3.05, 3.63) is 0 Å². The fraction of sp³-hybridized carbons (Fsp3) is 1.00. The Kier molecular flexibility index (Phi) is 5.72. The topological polar surface area (TPSA) is 114 Å². The summed E-state index contributed by atoms with van der Waals surface area (Å²) < 4.78 is 57.1. The molecule has 0 spiro atoms. The molecule has 0 aromatic rings. The molecule has 9 heteroatoms. The Morgan fingerprint density at radius 1 is 0.900 bits per heavy atom. The van der Waals surface area contributed by atoms with Gasteiger partial charge in [0.25, 0.3) is 0 Å². The first-order valence-electron chi connectivity index (χ1n) is 1.58. The van der Waals surface area contributed by atoms with E-state index in [1.54, 1.807) is 0 Å². The van der Waals surface area contributed by atoms with E-state index < -0.39 is 25.3 Å². The second-order valence-electron chi connectivity index (χ2n) is 1.23. The maximum absolute atomic E-state index is 9.51. The van der Waals surface area contributed by atoms with Crippen LogP contribution in [0, 0.1) is 0 Å². The van der Waals surface area contributed by atoms with Gasteiger partial charge in [-0.3, -0.25) is 0 Å². The Balaban J connectivity index is 0. The van der Waals surface area contributed by atoms with Gasteiger partial charge >= 0.3 is 37.7 Å². The molecule has 56 valence electrons. The van der Waals surface area contributed by atoms with Crippen LogP contribution in [0.5, 0.6) is 0 Å². The van der Waals surface area contributed by atoms with Gasteiger partial charge in [-0.15, -0.1) is 0 Å². The van der Waals surface area contributed by atoms with Crippen LogP contribution in [0.25, 0.3) is 0 Å². The molecule has 0 aliphatic carbocycles. The van der Waals surface area contributed by atoms with Gasteiger partial charge in [0.05, 0.1) is 0 Å². The minimum Gasteiger partial charge on any atom is -0.747 e. The number of rotatable bonds is 2. The summed E-state index contributed by atoms with van der Waals surface area (Å²) in [5, 5.41) is -1.88. The van der Waals surface area contributed by atoms with Gasteiger partial charge in [-0.05, 0) is 0 Å². The van der Waals surface area contributed by atoms with E-state index in [1.807, 2.05) is 0 Å². The summed E-state index contributed by atoms with van der Waals surface area (Å²) in [6.45, 7) is 0. The maximum Gasteiger partial charge on any atom is 2.00 e. The van der Waals surface area contributed by atoms with Crippen molar-refractivity contribution in [2.24, 2.45) is 0 Å². The molecule has 0 saturated heterocycles. The zero-order valence-electron chi connectivity index (χ0n) is 4.68. The van der Waals surface area contributed by atoms with Crippen molar-refractivity contribution in [2.45, 2.75) is 0 Å². The molecule has 0 aromatic heterocycles. The molecule has 0 aromatic carbocycles. The normalized spacial score (nSPS) is 12.2. The van der Waals surface area contributed by atoms with Gasteiger partial charge in [-0.2, -0.15) is 0 Å². The van der Waals surface area contributed by atoms with Crippen molar-refractivity contribution in [1.29, 1.82) is 0 Å². The fourth-order valence-corrected chi connectivity index (χ4v) is 1.59. The van der Waals surface area contributed by atoms with E-state index in [9.17, 15) is 25.9 Å². The van der Waals surface area contributed by atoms with Crippen LogP contribution in [0.4, 0.5) is 0 Å². The predicted molar refractivity (Wildman–Crippen MR) is 30.0 cm³/mol. The third-order valence-corrected chi connectivity index (χ3v) is 2.60. The first-order valence-corrected chi connectivity index (χ1v) is 4.73. The van der Waals surface area contributed by atoms with Gasteiger partial charge in [0.2, 0.25) is 0 Å². The molecule has 10 heavy (non-hydrogen) atoms. The smallest absolute Gasteiger partial charge is 0.747 e. The molecule has 0 unspecified atom stereocenters. The van der Waals surface area contributed by atoms with Crippen LogP contribution in [0.15, 0.2) is 0 Å². The standard InChI is InChI=1S/CH4O6S2.Ca/c2-8(3,4)1-9(5,6)7;/h1H2,(H,2,3,4)(H,5,6,7);/q;+2/p-2. The Bertz CT molecular complexity index is 241. The van der Waals surface area contributed by atoms with Gasteiger partial charge in [-0.25, -0.2) is 16.8 Å². The van der Waals surface area contributed by atoms with Crippen LogP contribution in [0.2, 0.25) is 0 Å². The summed E-state index contributed by atoms with van der Waals surface area (Å²) in [6.07, 6.45) is 0. The second kappa shape index (κ2) is 4.19. The van der Waals surface area contributed by atoms with Crippen molar-refractivity contribution >= 4 is 58.0 Å². The van der Waals surface area contributed by atoms with Gasteiger partial charge in [0.1, 0.15) is 25.3 Å². The van der Waals surface area contributed by atoms with Crippen molar-refractivity contribution in [1.82, 2.24) is 0 Å². The van der Waals surface area contributed by atoms with Gasteiger partial charge < -0.3 is 9.11 Å². The zero-order chi connectivity index (χ0) is 7.71. The molecule has 0 bridgehead atoms. The molecular formula is CH2CaO6S2. The Labute approximate surface area is 88.1 Å². The van der Waals surface area contributed by atoms with Crippen molar-refractivity contribution < 1.29 is 25.9 Å². The summed E-state index contributed by atoms with van der Waals surface area (Å²) in [7, 11) is -9.86. The Morgan fingerprint density at radius 2 is 1.10 bits per heavy atom. The minimum absolute atomic E-state index is 0. The summed E-state index contributed by atoms with van der Waals surface area (Å²) in [4.78, 5) is 0. The molecule has 0 atom stereocenters. The molecule has 0 N–H and O–H groups in total. The first kappa shape index (κ1) is 13.7. The average Bonchev–Trinajstić information content (AvgIpc) is 1.14. The minimum atomic E-state index is -4.93. The third kappa shape index (κ3) is 11.8. The summed E-state index contributed by atoms with van der Waals surface area (Å²) in [6, 6.07) is 0. The van der Waals surface area contributed by atoms with Gasteiger partial charge in [0, 0.05) is 0 Å². The summed E-state index contributed by atoms with van der Waals surface area (Å²) in [5.41, 5.74) is 0. The average molecular weight is 214 g/mol. The van der Waals surface area contributed by atoms with E-state index in [0.29, 0.717) is 0 Å². The van der Waals surface area contributed by atoms with Crippen molar-refractivity contribution in [2.75, 3.05) is 5.08 Å². The molecule has 0 radical (unpaired) electrons. The molecule has 0 heterocycles. The van der Waals surface area contributed by atoms with Crippen molar-refractivity contribution in [3.8, 4) is 0 Å². The van der Waals surface area contributed by atoms with E-state index in [2.05, 4.69) is 0 Å². The zero-order valence-corrected chi connectivity index (χ0v) is 8.52. The van der Waals surface area contributed by atoms with Crippen LogP contribution in [0.3, 0.4) is 0 Å². The van der Waals surface area contributed by atoms with E-state index >= 15 is 0 Å². The first-order chi connectivity index (χ1) is 3.71. The second-order valence-corrected chi connectivity index (χ2v) is 4.41. The third-order valence-electron chi connectivity index (χ3n) is 0.289. The fourth-order valence-electron chi connectivity index (χ4n) is 0.177. The van der Waals surface area contributed by atoms with Crippen LogP contribution in [-0.2, 0) is 20.2 Å². The molecular weight excluding hydrogens is 212 g/mol. The van der Waals surface area contributed by atoms with E-state index in [4.69, 9.17) is 0 Å². The van der Waals surface area contributed by atoms with Crippen LogP contribution >= 0.6 is 0 Å². The molecule has 0 saturated carbocycles. The monoisotopic (exact) mass is 214 g/mol. The van der Waals surface area contributed by atoms with Gasteiger partial charge in [-0.1, -0.05) is 0 Å². The molecule has 0 amide bonds. The van der Waals surface area contributed by atoms with E-state index in [1.165, 1.54) is 0 Å². The number of hydrogen-bond acceptors (Lipinski definition) is 6. The quantitative estimate of drug-likeness (QED) is 0.375. The SMILES string of the molecule is O=S(=O)([O-])CS(=O)(=O)[O-].[Ca+2]. The van der Waals surface area contributed by atoms with Crippen LogP contribution in [-0.4, -0.2) is 68.8 Å². The summed E-state index contributed by atoms with van der Waals surface area (Å²) in [5.74, 6) is 0. The van der Waals surface area contributed by atoms with E-state index in [0.717, 1.165) is 0 Å². The Morgan fingerprint density at radius 3 is 1.10 bits per heavy atom. The molecule has 6 nitrogen and oxygen atoms in total. The summed E-state index contributed by atoms with van der Waals surface area (Å²) >= 11 is 0. The van der Waals surface area contributed by atoms with Crippen LogP contribution in [0.1, 0.15) is 0 Å². The molecule has 0 aliphatic heterocycles. The van der Waals surface area contributed by atoms with Crippen LogP contribution < -0.4 is 0 Å². The Hall–Kier alpha value is 1.08. The molecule has 0 fully saturated rings.